The normalized spacial score (nSPS) is 12.7. The van der Waals surface area contributed by atoms with E-state index in [1.165, 1.54) is 28.0 Å². The highest BCUT2D eigenvalue weighted by atomic mass is 32.1. The van der Waals surface area contributed by atoms with Gasteiger partial charge in [0.25, 0.3) is 0 Å². The van der Waals surface area contributed by atoms with Crippen molar-refractivity contribution in [2.75, 3.05) is 0 Å². The van der Waals surface area contributed by atoms with Crippen LogP contribution in [0.3, 0.4) is 0 Å². The Labute approximate surface area is 99.6 Å². The maximum atomic E-state index is 10.1. The lowest BCUT2D eigenvalue weighted by molar-refractivity contribution is 0.177. The molecule has 0 aliphatic carbocycles. The number of thiazole rings is 1. The van der Waals surface area contributed by atoms with Crippen LogP contribution in [0.15, 0.2) is 29.8 Å². The lowest BCUT2D eigenvalue weighted by Gasteiger charge is -2.12. The van der Waals surface area contributed by atoms with Crippen LogP contribution in [0.1, 0.15) is 27.8 Å². The third-order valence-electron chi connectivity index (χ3n) is 2.78. The van der Waals surface area contributed by atoms with Crippen LogP contribution in [0.5, 0.6) is 0 Å². The van der Waals surface area contributed by atoms with Gasteiger partial charge in [0.15, 0.2) is 0 Å². The summed E-state index contributed by atoms with van der Waals surface area (Å²) in [5.74, 6) is 0. The molecule has 1 heterocycles. The predicted octanol–water partition coefficient (Wildman–Crippen LogP) is 3.04. The van der Waals surface area contributed by atoms with Crippen molar-refractivity contribution in [2.24, 2.45) is 0 Å². The van der Waals surface area contributed by atoms with Gasteiger partial charge in [0.05, 0.1) is 0 Å². The van der Waals surface area contributed by atoms with Crippen LogP contribution >= 0.6 is 11.3 Å². The van der Waals surface area contributed by atoms with E-state index in [9.17, 15) is 5.11 Å². The Morgan fingerprint density at radius 3 is 2.56 bits per heavy atom. The molecule has 0 saturated carbocycles. The molecule has 2 nitrogen and oxygen atoms in total. The molecule has 0 bridgehead atoms. The Morgan fingerprint density at radius 2 is 2.00 bits per heavy atom. The van der Waals surface area contributed by atoms with E-state index in [-0.39, 0.29) is 0 Å². The van der Waals surface area contributed by atoms with Gasteiger partial charge in [0.1, 0.15) is 11.1 Å². The first-order valence-electron chi connectivity index (χ1n) is 5.31. The summed E-state index contributed by atoms with van der Waals surface area (Å²) < 4.78 is 0. The van der Waals surface area contributed by atoms with Crippen molar-refractivity contribution in [3.63, 3.8) is 0 Å². The molecule has 2 aromatic rings. The SMILES string of the molecule is Cc1cccc(C)c1CC(O)c1nccs1. The summed E-state index contributed by atoms with van der Waals surface area (Å²) in [6.45, 7) is 4.16. The number of aliphatic hydroxyl groups is 1. The third kappa shape index (κ3) is 2.31. The maximum absolute atomic E-state index is 10.1. The molecule has 3 heteroatoms. The average molecular weight is 233 g/mol. The van der Waals surface area contributed by atoms with Gasteiger partial charge < -0.3 is 5.11 Å². The van der Waals surface area contributed by atoms with E-state index in [4.69, 9.17) is 0 Å². The van der Waals surface area contributed by atoms with E-state index < -0.39 is 6.10 Å². The second kappa shape index (κ2) is 4.76. The fraction of sp³-hybridized carbons (Fsp3) is 0.308. The quantitative estimate of drug-likeness (QED) is 0.884. The highest BCUT2D eigenvalue weighted by molar-refractivity contribution is 7.09. The zero-order valence-corrected chi connectivity index (χ0v) is 10.3. The summed E-state index contributed by atoms with van der Waals surface area (Å²) in [5.41, 5.74) is 3.69. The van der Waals surface area contributed by atoms with E-state index >= 15 is 0 Å². The number of benzene rings is 1. The molecule has 1 atom stereocenters. The van der Waals surface area contributed by atoms with E-state index in [0.29, 0.717) is 6.42 Å². The lowest BCUT2D eigenvalue weighted by Crippen LogP contribution is -2.04. The number of hydrogen-bond acceptors (Lipinski definition) is 3. The minimum Gasteiger partial charge on any atom is -0.386 e. The average Bonchev–Trinajstić information content (AvgIpc) is 2.76. The van der Waals surface area contributed by atoms with Crippen LogP contribution in [-0.4, -0.2) is 10.1 Å². The molecule has 0 amide bonds. The Morgan fingerprint density at radius 1 is 1.31 bits per heavy atom. The van der Waals surface area contributed by atoms with Gasteiger partial charge in [-0.25, -0.2) is 4.98 Å². The highest BCUT2D eigenvalue weighted by Gasteiger charge is 2.13. The molecule has 0 radical (unpaired) electrons. The largest absolute Gasteiger partial charge is 0.386 e. The van der Waals surface area contributed by atoms with E-state index in [1.54, 1.807) is 6.20 Å². The Kier molecular flexibility index (Phi) is 3.36. The van der Waals surface area contributed by atoms with Crippen LogP contribution in [0.2, 0.25) is 0 Å². The zero-order chi connectivity index (χ0) is 11.5. The van der Waals surface area contributed by atoms with Gasteiger partial charge >= 0.3 is 0 Å². The summed E-state index contributed by atoms with van der Waals surface area (Å²) in [7, 11) is 0. The van der Waals surface area contributed by atoms with Crippen LogP contribution < -0.4 is 0 Å². The van der Waals surface area contributed by atoms with Crippen LogP contribution in [0.4, 0.5) is 0 Å². The molecule has 0 aliphatic heterocycles. The van der Waals surface area contributed by atoms with Crippen molar-refractivity contribution < 1.29 is 5.11 Å². The summed E-state index contributed by atoms with van der Waals surface area (Å²) in [6.07, 6.45) is 1.89. The van der Waals surface area contributed by atoms with Gasteiger partial charge in [-0.2, -0.15) is 0 Å². The Hall–Kier alpha value is -1.19. The molecule has 16 heavy (non-hydrogen) atoms. The van der Waals surface area contributed by atoms with Crippen molar-refractivity contribution in [3.05, 3.63) is 51.5 Å². The molecule has 0 saturated heterocycles. The molecule has 1 aromatic carbocycles. The third-order valence-corrected chi connectivity index (χ3v) is 3.66. The van der Waals surface area contributed by atoms with Crippen molar-refractivity contribution in [1.29, 1.82) is 0 Å². The molecular weight excluding hydrogens is 218 g/mol. The molecule has 1 unspecified atom stereocenters. The number of rotatable bonds is 3. The zero-order valence-electron chi connectivity index (χ0n) is 9.47. The van der Waals surface area contributed by atoms with E-state index in [0.717, 1.165) is 5.01 Å². The standard InChI is InChI=1S/C13H15NOS/c1-9-4-3-5-10(2)11(9)8-12(15)13-14-6-7-16-13/h3-7,12,15H,8H2,1-2H3. The van der Waals surface area contributed by atoms with Crippen molar-refractivity contribution in [1.82, 2.24) is 4.98 Å². The first kappa shape index (κ1) is 11.3. The minimum absolute atomic E-state index is 0.486. The number of aliphatic hydroxyl groups excluding tert-OH is 1. The smallest absolute Gasteiger partial charge is 0.121 e. The highest BCUT2D eigenvalue weighted by Crippen LogP contribution is 2.23. The summed E-state index contributed by atoms with van der Waals surface area (Å²) in [6, 6.07) is 6.21. The lowest BCUT2D eigenvalue weighted by atomic mass is 9.98. The van der Waals surface area contributed by atoms with Crippen molar-refractivity contribution in [3.8, 4) is 0 Å². The van der Waals surface area contributed by atoms with Gasteiger partial charge in [-0.15, -0.1) is 11.3 Å². The summed E-state index contributed by atoms with van der Waals surface area (Å²) in [5, 5.41) is 12.7. The fourth-order valence-corrected chi connectivity index (χ4v) is 2.47. The molecule has 0 aliphatic rings. The summed E-state index contributed by atoms with van der Waals surface area (Å²) in [4.78, 5) is 4.14. The second-order valence-corrected chi connectivity index (χ2v) is 4.89. The number of aryl methyl sites for hydroxylation is 2. The van der Waals surface area contributed by atoms with Crippen molar-refractivity contribution >= 4 is 11.3 Å². The van der Waals surface area contributed by atoms with Gasteiger partial charge in [-0.1, -0.05) is 18.2 Å². The van der Waals surface area contributed by atoms with Gasteiger partial charge in [-0.3, -0.25) is 0 Å². The molecule has 0 fully saturated rings. The minimum atomic E-state index is -0.486. The Balaban J connectivity index is 2.21. The first-order valence-corrected chi connectivity index (χ1v) is 6.19. The molecule has 1 N–H and O–H groups in total. The number of hydrogen-bond donors (Lipinski definition) is 1. The Bertz CT molecular complexity index is 445. The van der Waals surface area contributed by atoms with E-state index in [1.807, 2.05) is 11.4 Å². The number of aromatic nitrogens is 1. The monoisotopic (exact) mass is 233 g/mol. The topological polar surface area (TPSA) is 33.1 Å². The molecule has 1 aromatic heterocycles. The molecule has 84 valence electrons. The molecule has 0 spiro atoms. The van der Waals surface area contributed by atoms with Crippen LogP contribution in [0.25, 0.3) is 0 Å². The molecule has 2 rings (SSSR count). The maximum Gasteiger partial charge on any atom is 0.121 e. The van der Waals surface area contributed by atoms with E-state index in [2.05, 4.69) is 31.0 Å². The first-order chi connectivity index (χ1) is 7.68. The van der Waals surface area contributed by atoms with Gasteiger partial charge in [-0.05, 0) is 30.5 Å². The second-order valence-electron chi connectivity index (χ2n) is 3.96. The predicted molar refractivity (Wildman–Crippen MR) is 66.7 cm³/mol. The van der Waals surface area contributed by atoms with Gasteiger partial charge in [0.2, 0.25) is 0 Å². The molecular formula is C13H15NOS. The summed E-state index contributed by atoms with van der Waals surface area (Å²) >= 11 is 1.50. The van der Waals surface area contributed by atoms with Gasteiger partial charge in [0, 0.05) is 18.0 Å². The fourth-order valence-electron chi connectivity index (χ4n) is 1.85. The van der Waals surface area contributed by atoms with Crippen LogP contribution in [0, 0.1) is 13.8 Å². The van der Waals surface area contributed by atoms with Crippen molar-refractivity contribution in [2.45, 2.75) is 26.4 Å². The van der Waals surface area contributed by atoms with Crippen LogP contribution in [-0.2, 0) is 6.42 Å². The number of nitrogens with zero attached hydrogens (tertiary/aromatic N) is 1.